The molecule has 0 aromatic heterocycles. The van der Waals surface area contributed by atoms with E-state index in [0.717, 1.165) is 20.1 Å². The van der Waals surface area contributed by atoms with Crippen molar-refractivity contribution in [2.75, 3.05) is 7.11 Å². The van der Waals surface area contributed by atoms with Crippen molar-refractivity contribution >= 4 is 34.9 Å². The molecule has 2 fully saturated rings. The number of aromatic hydroxyl groups is 2. The summed E-state index contributed by atoms with van der Waals surface area (Å²) in [7, 11) is 1.15. The summed E-state index contributed by atoms with van der Waals surface area (Å²) in [6, 6.07) is 3.32. The lowest BCUT2D eigenvalue weighted by molar-refractivity contribution is -0.315. The van der Waals surface area contributed by atoms with Crippen LogP contribution in [0, 0.1) is 20.8 Å². The standard InChI is InChI=1S/C44H48O18/c1-16-9-10-17(2)33(47)28(16)41(53)62-39-21(6)59-27(15-42(39,7)54)60-24-11-12-26(58-20(24)5)61-40-36(50)30(19(4)45)37(51)44(56)38(52)31-22(14-43(40,44)55)18(3)29-32(35(31)49)23(46)13-25(57-8)34(29)48/h9-10,13,20-21,24,26-27,39-40,47,49,51,54-56H,11-12,14-15H2,1-8H3/t20-,21+,24+,26+,27+,39-,40+,42-,43?,44?/m1/s1/i1+1,2+1,3+1,4+1,7+1,9+1,10+1,13+1,14+1,16+1,17+1,18+1,19+1,22+1,23+1,25+1,28+1,29+1,30+1,31+1,32+1,33+1,34+1,35+1,36+1,37+1,38+1,40+1,41+1,43+1,44+1. The number of aliphatic hydroxyl groups excluding tert-OH is 1. The van der Waals surface area contributed by atoms with Crippen molar-refractivity contribution in [3.8, 4) is 11.5 Å². The molecule has 0 spiro atoms. The van der Waals surface area contributed by atoms with Gasteiger partial charge in [0.1, 0.15) is 39.6 Å². The third kappa shape index (κ3) is 6.67. The molecule has 18 nitrogen and oxygen atoms in total. The fraction of sp³-hybridized carbons (Fsp3) is 0.500. The molecule has 0 radical (unpaired) electrons. The summed E-state index contributed by atoms with van der Waals surface area (Å²) in [6.07, 6.45) is -8.40. The van der Waals surface area contributed by atoms with Crippen molar-refractivity contribution < 1.29 is 87.8 Å². The van der Waals surface area contributed by atoms with Gasteiger partial charge in [0.05, 0.1) is 36.5 Å². The van der Waals surface area contributed by atoms with Crippen LogP contribution in [0.3, 0.4) is 0 Å². The summed E-state index contributed by atoms with van der Waals surface area (Å²) in [5.41, 5.74) is -10.4. The molecule has 62 heavy (non-hydrogen) atoms. The number of aliphatic hydroxyl groups is 4. The number of phenols is 2. The number of benzene rings is 2. The summed E-state index contributed by atoms with van der Waals surface area (Å²) in [4.78, 5) is 81.0. The number of Topliss-reactive ketones (excluding diaryl/α,β-unsaturated/α-hetero) is 4. The summed E-state index contributed by atoms with van der Waals surface area (Å²) in [6.45, 7) is 10.1. The third-order valence-electron chi connectivity index (χ3n) is 12.7. The van der Waals surface area contributed by atoms with Gasteiger partial charge in [-0.15, -0.1) is 0 Å². The van der Waals surface area contributed by atoms with Crippen LogP contribution in [-0.4, -0.2) is 133 Å². The van der Waals surface area contributed by atoms with E-state index in [0.29, 0.717) is 11.1 Å². The quantitative estimate of drug-likeness (QED) is 0.126. The Labute approximate surface area is 354 Å². The Hall–Kier alpha value is -5.34. The van der Waals surface area contributed by atoms with Gasteiger partial charge in [0.15, 0.2) is 42.1 Å². The molecule has 18 heteroatoms. The molecular weight excluding hydrogens is 847 g/mol. The molecule has 7 rings (SSSR count). The molecule has 2 heterocycles. The molecular formula is C44H48O18. The zero-order chi connectivity index (χ0) is 45.7. The molecule has 3 aliphatic carbocycles. The maximum absolute atomic E-state index is 14.4. The highest BCUT2D eigenvalue weighted by Crippen LogP contribution is 2.52. The van der Waals surface area contributed by atoms with Crippen molar-refractivity contribution in [1.82, 2.24) is 0 Å². The number of carbonyl (C=O) groups is 6. The second kappa shape index (κ2) is 15.5. The minimum Gasteiger partial charge on any atom is -0.508 e. The minimum absolute atomic E-state index is 0.0332. The number of aryl methyl sites for hydroxylation is 2. The van der Waals surface area contributed by atoms with Gasteiger partial charge in [0.25, 0.3) is 0 Å². The molecule has 0 bridgehead atoms. The number of allylic oxidation sites excluding steroid dienone is 2. The number of phenolic OH excluding ortho intramolecular Hbond substituents is 2. The van der Waals surface area contributed by atoms with Gasteiger partial charge >= 0.3 is 5.97 Å². The van der Waals surface area contributed by atoms with Gasteiger partial charge in [-0.25, -0.2) is 4.79 Å². The molecule has 2 unspecified atom stereocenters. The smallest absolute Gasteiger partial charge is 0.342 e. The summed E-state index contributed by atoms with van der Waals surface area (Å²) >= 11 is 0. The van der Waals surface area contributed by atoms with Gasteiger partial charge in [-0.05, 0) is 77.1 Å². The van der Waals surface area contributed by atoms with E-state index in [1.807, 2.05) is 0 Å². The van der Waals surface area contributed by atoms with E-state index in [1.54, 1.807) is 39.8 Å². The van der Waals surface area contributed by atoms with Crippen molar-refractivity contribution in [1.29, 1.82) is 0 Å². The minimum atomic E-state index is -3.49. The van der Waals surface area contributed by atoms with Crippen LogP contribution in [0.4, 0.5) is 0 Å². The Balaban J connectivity index is 1.11. The molecule has 2 aliphatic heterocycles. The first-order valence-corrected chi connectivity index (χ1v) is 20.0. The first-order chi connectivity index (χ1) is 28.9. The van der Waals surface area contributed by atoms with Gasteiger partial charge < -0.3 is 59.1 Å². The van der Waals surface area contributed by atoms with Crippen molar-refractivity contribution in [3.63, 3.8) is 0 Å². The number of hydrogen-bond donors (Lipinski definition) is 6. The fourth-order valence-corrected chi connectivity index (χ4v) is 9.37. The van der Waals surface area contributed by atoms with Crippen LogP contribution >= 0.6 is 0 Å². The van der Waals surface area contributed by atoms with Gasteiger partial charge in [0, 0.05) is 30.9 Å². The zero-order valence-electron chi connectivity index (χ0n) is 35.2. The average Bonchev–Trinajstić information content (AvgIpc) is 3.18. The topological polar surface area (TPSA) is 279 Å². The van der Waals surface area contributed by atoms with E-state index in [4.69, 9.17) is 28.4 Å². The molecule has 2 saturated heterocycles. The normalized spacial score (nSPS) is 33.3. The zero-order valence-corrected chi connectivity index (χ0v) is 35.2. The third-order valence-corrected chi connectivity index (χ3v) is 12.7. The maximum atomic E-state index is 14.4. The van der Waals surface area contributed by atoms with E-state index in [-0.39, 0.29) is 53.0 Å². The van der Waals surface area contributed by atoms with Crippen LogP contribution in [-0.2, 0) is 44.4 Å². The molecule has 6 N–H and O–H groups in total. The molecule has 2 aromatic rings. The number of ketones is 5. The second-order valence-electron chi connectivity index (χ2n) is 16.9. The number of ether oxygens (including phenoxy) is 6. The van der Waals surface area contributed by atoms with Crippen LogP contribution in [0.5, 0.6) is 11.5 Å². The number of rotatable bonds is 8. The molecule has 332 valence electrons. The van der Waals surface area contributed by atoms with Crippen LogP contribution in [0.1, 0.15) is 111 Å². The lowest BCUT2D eigenvalue weighted by Gasteiger charge is -2.52. The average molecular weight is 896 g/mol. The van der Waals surface area contributed by atoms with Gasteiger partial charge in [-0.2, -0.15) is 0 Å². The van der Waals surface area contributed by atoms with E-state index >= 15 is 0 Å². The van der Waals surface area contributed by atoms with Crippen molar-refractivity contribution in [2.24, 2.45) is 0 Å². The lowest BCUT2D eigenvalue weighted by atomic mass is 9.93. The van der Waals surface area contributed by atoms with Crippen LogP contribution in [0.25, 0.3) is 0 Å². The van der Waals surface area contributed by atoms with E-state index in [1.165, 1.54) is 13.8 Å². The van der Waals surface area contributed by atoms with Gasteiger partial charge in [-0.3, -0.25) is 24.0 Å². The van der Waals surface area contributed by atoms with Crippen molar-refractivity contribution in [2.45, 2.75) is 134 Å². The second-order valence-corrected chi connectivity index (χ2v) is 16.9. The Morgan fingerprint density at radius 3 is 2.10 bits per heavy atom. The number of fused-ring (bicyclic) bond motifs is 3. The molecule has 2 aromatic carbocycles. The maximum Gasteiger partial charge on any atom is 0.342 e. The number of hydrogen-bond acceptors (Lipinski definition) is 18. The first-order valence-electron chi connectivity index (χ1n) is 20.0. The summed E-state index contributed by atoms with van der Waals surface area (Å²) in [5, 5.41) is 69.4. The Bertz CT molecular complexity index is 2410. The van der Waals surface area contributed by atoms with Gasteiger partial charge in [0.2, 0.25) is 23.0 Å². The number of carbonyl (C=O) groups excluding carboxylic acids is 6. The van der Waals surface area contributed by atoms with E-state index in [9.17, 15) is 59.4 Å². The molecule has 5 aliphatic rings. The lowest BCUT2D eigenvalue weighted by Crippen LogP contribution is -2.74. The number of methoxy groups -OCH3 is 1. The van der Waals surface area contributed by atoms with Crippen LogP contribution in [0.15, 0.2) is 35.3 Å². The van der Waals surface area contributed by atoms with Crippen LogP contribution in [0.2, 0.25) is 0 Å². The fourth-order valence-electron chi connectivity index (χ4n) is 9.37. The van der Waals surface area contributed by atoms with Crippen LogP contribution < -0.4 is 0 Å². The molecule has 0 saturated carbocycles. The summed E-state index contributed by atoms with van der Waals surface area (Å²) < 4.78 is 35.1. The van der Waals surface area contributed by atoms with Gasteiger partial charge in [-0.1, -0.05) is 12.1 Å². The van der Waals surface area contributed by atoms with E-state index < -0.39 is 129 Å². The van der Waals surface area contributed by atoms with Crippen molar-refractivity contribution in [3.05, 3.63) is 79.8 Å². The SMILES string of the molecule is CO[13C]1=[13CH][13C](=O)[13c]2[13c](O)[13c]3[13c]([13c]([13CH3])[13c]2[13C]1=O)[13CH2][13C]1(O)[13C@@H](O[C@H]2CC[C@H](O[C@H]4C[C@@]([13CH3])(O)[C@H](O[13C](=O)[13c]5[13c]([13CH3])[13cH][13cH][13c]([13CH3])[13c]5O)[C@H](C)O4)[C@@H](C)O2)[13C](=O)[13C]([13C]([13CH3])=O)=[13C](O)[13C]1(O)[13C]3=O. The monoisotopic (exact) mass is 895 g/mol. The highest BCUT2D eigenvalue weighted by atomic mass is 16.8. The first kappa shape index (κ1) is 44.7. The Kier molecular flexibility index (Phi) is 11.2. The van der Waals surface area contributed by atoms with E-state index in [2.05, 4.69) is 0 Å². The molecule has 10 atom stereocenters. The predicted molar refractivity (Wildman–Crippen MR) is 210 cm³/mol. The largest absolute Gasteiger partial charge is 0.508 e. The molecule has 0 amide bonds. The highest BCUT2D eigenvalue weighted by Gasteiger charge is 2.71. The predicted octanol–water partition coefficient (Wildman–Crippen LogP) is 2.52. The Morgan fingerprint density at radius 1 is 0.839 bits per heavy atom. The summed E-state index contributed by atoms with van der Waals surface area (Å²) in [5.74, 6) is -9.67. The Morgan fingerprint density at radius 2 is 1.48 bits per heavy atom. The highest BCUT2D eigenvalue weighted by molar-refractivity contribution is 6.29. The number of esters is 1.